The molecule has 1 aromatic rings. The maximum Gasteiger partial charge on any atom is 0.310 e. The lowest BCUT2D eigenvalue weighted by Gasteiger charge is -2.09. The van der Waals surface area contributed by atoms with Crippen molar-refractivity contribution in [2.45, 2.75) is 19.3 Å². The Morgan fingerprint density at radius 3 is 2.77 bits per heavy atom. The number of anilines is 1. The van der Waals surface area contributed by atoms with Crippen LogP contribution in [0.2, 0.25) is 0 Å². The number of nitrogens with two attached hydrogens (primary N) is 1. The molecule has 3 heteroatoms. The Morgan fingerprint density at radius 2 is 2.31 bits per heavy atom. The maximum atomic E-state index is 10.8. The maximum absolute atomic E-state index is 10.8. The lowest BCUT2D eigenvalue weighted by atomic mass is 9.96. The molecule has 0 aromatic heterocycles. The summed E-state index contributed by atoms with van der Waals surface area (Å²) < 4.78 is 0. The molecule has 13 heavy (non-hydrogen) atoms. The van der Waals surface area contributed by atoms with Crippen molar-refractivity contribution in [2.24, 2.45) is 0 Å². The Balaban J connectivity index is 2.98. The second-order valence-corrected chi connectivity index (χ2v) is 2.97. The van der Waals surface area contributed by atoms with Crippen LogP contribution in [0.4, 0.5) is 5.69 Å². The lowest BCUT2D eigenvalue weighted by molar-refractivity contribution is -0.138. The highest BCUT2D eigenvalue weighted by molar-refractivity contribution is 5.76. The molecule has 0 bridgehead atoms. The van der Waals surface area contributed by atoms with E-state index >= 15 is 0 Å². The molecule has 0 spiro atoms. The molecule has 1 unspecified atom stereocenters. The Hall–Kier alpha value is -1.51. The molecule has 0 radical (unpaired) electrons. The summed E-state index contributed by atoms with van der Waals surface area (Å²) in [6.45, 7) is 1.85. The van der Waals surface area contributed by atoms with Crippen molar-refractivity contribution < 1.29 is 9.90 Å². The fourth-order valence-corrected chi connectivity index (χ4v) is 1.33. The average Bonchev–Trinajstić information content (AvgIpc) is 2.04. The van der Waals surface area contributed by atoms with Gasteiger partial charge in [-0.2, -0.15) is 0 Å². The quantitative estimate of drug-likeness (QED) is 0.696. The van der Waals surface area contributed by atoms with E-state index in [2.05, 4.69) is 0 Å². The third kappa shape index (κ3) is 2.21. The number of hydrogen-bond acceptors (Lipinski definition) is 2. The molecule has 0 saturated heterocycles. The van der Waals surface area contributed by atoms with Gasteiger partial charge >= 0.3 is 5.97 Å². The molecule has 0 aliphatic rings. The van der Waals surface area contributed by atoms with E-state index in [0.717, 1.165) is 5.56 Å². The van der Waals surface area contributed by atoms with E-state index in [1.807, 2.05) is 6.92 Å². The Kier molecular flexibility index (Phi) is 2.90. The normalized spacial score (nSPS) is 12.4. The minimum atomic E-state index is -0.798. The first-order chi connectivity index (χ1) is 6.15. The molecular formula is C10H13NO2. The molecule has 1 atom stereocenters. The predicted octanol–water partition coefficient (Wildman–Crippen LogP) is 1.85. The Morgan fingerprint density at radius 1 is 1.62 bits per heavy atom. The van der Waals surface area contributed by atoms with E-state index in [4.69, 9.17) is 10.8 Å². The highest BCUT2D eigenvalue weighted by Gasteiger charge is 2.16. The molecule has 0 aliphatic carbocycles. The van der Waals surface area contributed by atoms with E-state index in [9.17, 15) is 4.79 Å². The van der Waals surface area contributed by atoms with Gasteiger partial charge in [-0.1, -0.05) is 19.1 Å². The standard InChI is InChI=1S/C10H13NO2/c1-2-9(10(12)13)7-4-3-5-8(11)6-7/h3-6,9H,2,11H2,1H3,(H,12,13). The summed E-state index contributed by atoms with van der Waals surface area (Å²) in [6, 6.07) is 7.02. The zero-order valence-corrected chi connectivity index (χ0v) is 7.53. The molecule has 0 amide bonds. The van der Waals surface area contributed by atoms with Gasteiger partial charge in [0.05, 0.1) is 5.92 Å². The van der Waals surface area contributed by atoms with Crippen molar-refractivity contribution in [3.05, 3.63) is 29.8 Å². The summed E-state index contributed by atoms with van der Waals surface area (Å²) in [5.41, 5.74) is 6.94. The van der Waals surface area contributed by atoms with Crippen LogP contribution in [0.3, 0.4) is 0 Å². The van der Waals surface area contributed by atoms with Crippen LogP contribution in [-0.4, -0.2) is 11.1 Å². The number of benzene rings is 1. The van der Waals surface area contributed by atoms with Crippen LogP contribution in [0.5, 0.6) is 0 Å². The van der Waals surface area contributed by atoms with Crippen LogP contribution < -0.4 is 5.73 Å². The Labute approximate surface area is 77.2 Å². The molecule has 3 N–H and O–H groups in total. The largest absolute Gasteiger partial charge is 0.481 e. The molecule has 0 aliphatic heterocycles. The number of carboxylic acids is 1. The number of carboxylic acid groups (broad SMARTS) is 1. The molecule has 70 valence electrons. The molecule has 3 nitrogen and oxygen atoms in total. The van der Waals surface area contributed by atoms with Gasteiger partial charge in [-0.25, -0.2) is 0 Å². The summed E-state index contributed by atoms with van der Waals surface area (Å²) in [6.07, 6.45) is 0.582. The van der Waals surface area contributed by atoms with Gasteiger partial charge in [0.25, 0.3) is 0 Å². The SMILES string of the molecule is CCC(C(=O)O)c1cccc(N)c1. The van der Waals surface area contributed by atoms with Crippen LogP contribution in [-0.2, 0) is 4.79 Å². The molecule has 0 heterocycles. The van der Waals surface area contributed by atoms with Crippen LogP contribution in [0, 0.1) is 0 Å². The van der Waals surface area contributed by atoms with Crippen LogP contribution in [0.25, 0.3) is 0 Å². The van der Waals surface area contributed by atoms with Crippen molar-refractivity contribution in [2.75, 3.05) is 5.73 Å². The van der Waals surface area contributed by atoms with Gasteiger partial charge in [-0.15, -0.1) is 0 Å². The van der Waals surface area contributed by atoms with Gasteiger partial charge in [-0.3, -0.25) is 4.79 Å². The van der Waals surface area contributed by atoms with Crippen molar-refractivity contribution in [3.8, 4) is 0 Å². The van der Waals surface area contributed by atoms with Crippen LogP contribution in [0.15, 0.2) is 24.3 Å². The van der Waals surface area contributed by atoms with E-state index in [1.54, 1.807) is 24.3 Å². The average molecular weight is 179 g/mol. The number of rotatable bonds is 3. The topological polar surface area (TPSA) is 63.3 Å². The second kappa shape index (κ2) is 3.94. The van der Waals surface area contributed by atoms with Gasteiger partial charge in [0.15, 0.2) is 0 Å². The first kappa shape index (κ1) is 9.58. The summed E-state index contributed by atoms with van der Waals surface area (Å²) >= 11 is 0. The fourth-order valence-electron chi connectivity index (χ4n) is 1.33. The summed E-state index contributed by atoms with van der Waals surface area (Å²) in [5.74, 6) is -1.24. The molecule has 1 aromatic carbocycles. The van der Waals surface area contributed by atoms with E-state index in [-0.39, 0.29) is 0 Å². The molecule has 0 fully saturated rings. The number of nitrogen functional groups attached to an aromatic ring is 1. The van der Waals surface area contributed by atoms with Gasteiger partial charge < -0.3 is 10.8 Å². The molecule has 0 saturated carbocycles. The van der Waals surface area contributed by atoms with Crippen LogP contribution >= 0.6 is 0 Å². The van der Waals surface area contributed by atoms with Gasteiger partial charge in [0, 0.05) is 5.69 Å². The summed E-state index contributed by atoms with van der Waals surface area (Å²) in [4.78, 5) is 10.8. The third-order valence-corrected chi connectivity index (χ3v) is 2.02. The highest BCUT2D eigenvalue weighted by atomic mass is 16.4. The van der Waals surface area contributed by atoms with Crippen LogP contribution in [0.1, 0.15) is 24.8 Å². The minimum absolute atomic E-state index is 0.441. The van der Waals surface area contributed by atoms with Gasteiger partial charge in [-0.05, 0) is 24.1 Å². The first-order valence-corrected chi connectivity index (χ1v) is 4.23. The number of hydrogen-bond donors (Lipinski definition) is 2. The molecule has 1 rings (SSSR count). The number of aliphatic carboxylic acids is 1. The van der Waals surface area contributed by atoms with Crippen molar-refractivity contribution >= 4 is 11.7 Å². The number of carbonyl (C=O) groups is 1. The Bertz CT molecular complexity index is 310. The minimum Gasteiger partial charge on any atom is -0.481 e. The predicted molar refractivity (Wildman–Crippen MR) is 51.5 cm³/mol. The second-order valence-electron chi connectivity index (χ2n) is 2.97. The monoisotopic (exact) mass is 179 g/mol. The van der Waals surface area contributed by atoms with E-state index in [0.29, 0.717) is 12.1 Å². The fraction of sp³-hybridized carbons (Fsp3) is 0.300. The summed E-state index contributed by atoms with van der Waals surface area (Å²) in [5, 5.41) is 8.88. The highest BCUT2D eigenvalue weighted by Crippen LogP contribution is 2.21. The lowest BCUT2D eigenvalue weighted by Crippen LogP contribution is -2.10. The molecular weight excluding hydrogens is 166 g/mol. The van der Waals surface area contributed by atoms with Crippen molar-refractivity contribution in [3.63, 3.8) is 0 Å². The van der Waals surface area contributed by atoms with Gasteiger partial charge in [0.1, 0.15) is 0 Å². The van der Waals surface area contributed by atoms with Crippen molar-refractivity contribution in [1.29, 1.82) is 0 Å². The zero-order valence-electron chi connectivity index (χ0n) is 7.53. The summed E-state index contributed by atoms with van der Waals surface area (Å²) in [7, 11) is 0. The van der Waals surface area contributed by atoms with Crippen molar-refractivity contribution in [1.82, 2.24) is 0 Å². The van der Waals surface area contributed by atoms with E-state index < -0.39 is 11.9 Å². The third-order valence-electron chi connectivity index (χ3n) is 2.02. The zero-order chi connectivity index (χ0) is 9.84. The van der Waals surface area contributed by atoms with Gasteiger partial charge in [0.2, 0.25) is 0 Å². The van der Waals surface area contributed by atoms with E-state index in [1.165, 1.54) is 0 Å². The first-order valence-electron chi connectivity index (χ1n) is 4.23. The smallest absolute Gasteiger partial charge is 0.310 e.